The first-order valence-electron chi connectivity index (χ1n) is 10.6. The zero-order chi connectivity index (χ0) is 21.1. The van der Waals surface area contributed by atoms with E-state index in [9.17, 15) is 14.0 Å². The molecular formula is C23H29FN4O2+2. The van der Waals surface area contributed by atoms with Gasteiger partial charge in [-0.05, 0) is 43.2 Å². The summed E-state index contributed by atoms with van der Waals surface area (Å²) in [5.41, 5.74) is 2.77. The minimum Gasteiger partial charge on any atom is -0.321 e. The van der Waals surface area contributed by atoms with Crippen LogP contribution in [0.5, 0.6) is 0 Å². The van der Waals surface area contributed by atoms with Crippen molar-refractivity contribution in [3.63, 3.8) is 0 Å². The first kappa shape index (κ1) is 20.5. The van der Waals surface area contributed by atoms with Crippen molar-refractivity contribution >= 4 is 23.2 Å². The predicted octanol–water partition coefficient (Wildman–Crippen LogP) is -0.475. The van der Waals surface area contributed by atoms with Crippen LogP contribution in [0.25, 0.3) is 0 Å². The van der Waals surface area contributed by atoms with Crippen LogP contribution in [0.1, 0.15) is 12.5 Å². The highest BCUT2D eigenvalue weighted by Gasteiger charge is 2.34. The first-order chi connectivity index (χ1) is 14.5. The highest BCUT2D eigenvalue weighted by Crippen LogP contribution is 2.31. The summed E-state index contributed by atoms with van der Waals surface area (Å²) >= 11 is 0. The first-order valence-corrected chi connectivity index (χ1v) is 10.6. The van der Waals surface area contributed by atoms with Gasteiger partial charge < -0.3 is 20.0 Å². The molecule has 158 valence electrons. The Labute approximate surface area is 176 Å². The van der Waals surface area contributed by atoms with Crippen LogP contribution in [0.2, 0.25) is 0 Å². The van der Waals surface area contributed by atoms with Crippen molar-refractivity contribution in [3.8, 4) is 0 Å². The number of fused-ring (bicyclic) bond motifs is 1. The summed E-state index contributed by atoms with van der Waals surface area (Å²) in [6.45, 7) is 6.34. The van der Waals surface area contributed by atoms with Gasteiger partial charge in [-0.1, -0.05) is 24.3 Å². The average molecular weight is 413 g/mol. The molecule has 30 heavy (non-hydrogen) atoms. The van der Waals surface area contributed by atoms with E-state index in [1.54, 1.807) is 12.1 Å². The molecule has 1 saturated heterocycles. The average Bonchev–Trinajstić information content (AvgIpc) is 3.05. The van der Waals surface area contributed by atoms with Gasteiger partial charge in [-0.2, -0.15) is 0 Å². The summed E-state index contributed by atoms with van der Waals surface area (Å²) in [6.07, 6.45) is 0.912. The van der Waals surface area contributed by atoms with Crippen LogP contribution in [-0.4, -0.2) is 57.1 Å². The van der Waals surface area contributed by atoms with Crippen LogP contribution in [0.15, 0.2) is 48.5 Å². The number of benzene rings is 2. The van der Waals surface area contributed by atoms with Gasteiger partial charge >= 0.3 is 0 Å². The summed E-state index contributed by atoms with van der Waals surface area (Å²) in [5.74, 6) is -0.302. The number of quaternary nitrogens is 2. The number of nitrogens with one attached hydrogen (secondary N) is 3. The van der Waals surface area contributed by atoms with E-state index in [0.717, 1.165) is 38.3 Å². The second-order valence-corrected chi connectivity index (χ2v) is 8.36. The third-order valence-electron chi connectivity index (χ3n) is 6.06. The molecule has 2 aliphatic rings. The van der Waals surface area contributed by atoms with Gasteiger partial charge in [-0.3, -0.25) is 9.59 Å². The maximum absolute atomic E-state index is 13.3. The van der Waals surface area contributed by atoms with Crippen molar-refractivity contribution in [3.05, 3.63) is 59.9 Å². The molecule has 7 heteroatoms. The van der Waals surface area contributed by atoms with Crippen LogP contribution in [0.4, 0.5) is 15.8 Å². The monoisotopic (exact) mass is 412 g/mol. The number of nitrogens with zero attached hydrogens (tertiary/aromatic N) is 1. The quantitative estimate of drug-likeness (QED) is 0.622. The molecule has 0 aromatic heterocycles. The van der Waals surface area contributed by atoms with E-state index in [2.05, 4.69) is 18.3 Å². The molecule has 1 atom stereocenters. The topological polar surface area (TPSA) is 58.3 Å². The minimum atomic E-state index is -0.364. The largest absolute Gasteiger partial charge is 0.321 e. The number of carbonyl (C=O) groups excluding carboxylic acids is 2. The molecule has 0 spiro atoms. The molecule has 2 aromatic carbocycles. The zero-order valence-corrected chi connectivity index (χ0v) is 17.3. The Bertz CT molecular complexity index is 927. The molecule has 6 nitrogen and oxygen atoms in total. The highest BCUT2D eigenvalue weighted by molar-refractivity contribution is 5.96. The molecule has 4 rings (SSSR count). The number of carbonyl (C=O) groups is 2. The van der Waals surface area contributed by atoms with Crippen molar-refractivity contribution in [2.24, 2.45) is 0 Å². The molecule has 1 fully saturated rings. The fourth-order valence-corrected chi connectivity index (χ4v) is 4.55. The van der Waals surface area contributed by atoms with Gasteiger partial charge in [0.15, 0.2) is 13.1 Å². The summed E-state index contributed by atoms with van der Waals surface area (Å²) in [7, 11) is 0. The molecule has 0 saturated carbocycles. The van der Waals surface area contributed by atoms with Gasteiger partial charge in [0.25, 0.3) is 11.8 Å². The summed E-state index contributed by atoms with van der Waals surface area (Å²) in [4.78, 5) is 29.7. The summed E-state index contributed by atoms with van der Waals surface area (Å²) in [6, 6.07) is 14.3. The predicted molar refractivity (Wildman–Crippen MR) is 113 cm³/mol. The Kier molecular flexibility index (Phi) is 6.11. The Morgan fingerprint density at radius 3 is 2.47 bits per heavy atom. The smallest absolute Gasteiger partial charge is 0.282 e. The molecule has 0 radical (unpaired) electrons. The maximum atomic E-state index is 13.3. The molecule has 0 bridgehead atoms. The van der Waals surface area contributed by atoms with E-state index in [-0.39, 0.29) is 23.7 Å². The second kappa shape index (κ2) is 8.93. The molecule has 2 heterocycles. The number of amides is 2. The SMILES string of the molecule is C[C@@H]1Cc2ccccc2N1C(=O)C[NH+]1CC[NH+](CC(=O)Nc2cccc(F)c2)CC1. The van der Waals surface area contributed by atoms with Gasteiger partial charge in [0.05, 0.1) is 0 Å². The lowest BCUT2D eigenvalue weighted by atomic mass is 10.1. The fourth-order valence-electron chi connectivity index (χ4n) is 4.55. The molecule has 3 N–H and O–H groups in total. The Morgan fingerprint density at radius 2 is 1.73 bits per heavy atom. The van der Waals surface area contributed by atoms with Gasteiger partial charge in [0.2, 0.25) is 0 Å². The van der Waals surface area contributed by atoms with Gasteiger partial charge in [-0.25, -0.2) is 4.39 Å². The third kappa shape index (κ3) is 4.68. The molecule has 0 aliphatic carbocycles. The molecule has 2 aromatic rings. The van der Waals surface area contributed by atoms with E-state index in [4.69, 9.17) is 0 Å². The van der Waals surface area contributed by atoms with Gasteiger partial charge in [0, 0.05) is 17.4 Å². The van der Waals surface area contributed by atoms with Gasteiger partial charge in [0.1, 0.15) is 32.0 Å². The van der Waals surface area contributed by atoms with E-state index in [1.165, 1.54) is 27.5 Å². The van der Waals surface area contributed by atoms with Crippen molar-refractivity contribution < 1.29 is 23.8 Å². The lowest BCUT2D eigenvalue weighted by molar-refractivity contribution is -1.00. The van der Waals surface area contributed by atoms with Crippen LogP contribution in [0.3, 0.4) is 0 Å². The van der Waals surface area contributed by atoms with E-state index >= 15 is 0 Å². The Hall–Kier alpha value is -2.77. The summed E-state index contributed by atoms with van der Waals surface area (Å²) < 4.78 is 13.3. The third-order valence-corrected chi connectivity index (χ3v) is 6.06. The van der Waals surface area contributed by atoms with Crippen molar-refractivity contribution in [2.75, 3.05) is 49.5 Å². The normalized spacial score (nSPS) is 23.1. The Balaban J connectivity index is 1.25. The zero-order valence-electron chi connectivity index (χ0n) is 17.3. The van der Waals surface area contributed by atoms with Gasteiger partial charge in [-0.15, -0.1) is 0 Å². The number of para-hydroxylation sites is 1. The summed E-state index contributed by atoms with van der Waals surface area (Å²) in [5, 5.41) is 2.76. The number of hydrogen-bond acceptors (Lipinski definition) is 2. The van der Waals surface area contributed by atoms with Crippen LogP contribution in [-0.2, 0) is 16.0 Å². The maximum Gasteiger partial charge on any atom is 0.282 e. The number of anilines is 2. The highest BCUT2D eigenvalue weighted by atomic mass is 19.1. The number of halogens is 1. The lowest BCUT2D eigenvalue weighted by Gasteiger charge is -2.31. The van der Waals surface area contributed by atoms with Crippen LogP contribution >= 0.6 is 0 Å². The van der Waals surface area contributed by atoms with E-state index in [0.29, 0.717) is 18.8 Å². The Morgan fingerprint density at radius 1 is 1.03 bits per heavy atom. The standard InChI is InChI=1S/C23H27FN4O2/c1-17-13-18-5-2-3-8-21(18)28(17)23(30)16-27-11-9-26(10-12-27)15-22(29)25-20-7-4-6-19(24)14-20/h2-8,14,17H,9-13,15-16H2,1H3,(H,25,29)/p+2/t17-/m1/s1. The lowest BCUT2D eigenvalue weighted by Crippen LogP contribution is -3.28. The fraction of sp³-hybridized carbons (Fsp3) is 0.391. The number of hydrogen-bond donors (Lipinski definition) is 3. The number of rotatable bonds is 5. The molecular weight excluding hydrogens is 383 g/mol. The van der Waals surface area contributed by atoms with Crippen molar-refractivity contribution in [1.29, 1.82) is 0 Å². The molecule has 0 unspecified atom stereocenters. The van der Waals surface area contributed by atoms with E-state index in [1.807, 2.05) is 23.1 Å². The number of piperazine rings is 1. The van der Waals surface area contributed by atoms with Crippen LogP contribution in [0, 0.1) is 5.82 Å². The van der Waals surface area contributed by atoms with E-state index < -0.39 is 0 Å². The van der Waals surface area contributed by atoms with Crippen LogP contribution < -0.4 is 20.0 Å². The van der Waals surface area contributed by atoms with Crippen molar-refractivity contribution in [2.45, 2.75) is 19.4 Å². The second-order valence-electron chi connectivity index (χ2n) is 8.36. The van der Waals surface area contributed by atoms with Crippen molar-refractivity contribution in [1.82, 2.24) is 0 Å². The minimum absolute atomic E-state index is 0.113. The molecule has 2 amide bonds. The molecule has 2 aliphatic heterocycles.